The van der Waals surface area contributed by atoms with Gasteiger partial charge in [-0.3, -0.25) is 9.97 Å². The molecule has 0 saturated heterocycles. The number of hydrogen-bond donors (Lipinski definition) is 0. The second-order valence-corrected chi connectivity index (χ2v) is 6.42. The fourth-order valence-corrected chi connectivity index (χ4v) is 3.95. The van der Waals surface area contributed by atoms with Crippen LogP contribution >= 0.6 is 11.3 Å². The largest absolute Gasteiger partial charge is 0.254 e. The molecule has 0 saturated carbocycles. The summed E-state index contributed by atoms with van der Waals surface area (Å²) in [5.41, 5.74) is 2.67. The van der Waals surface area contributed by atoms with Gasteiger partial charge in [-0.1, -0.05) is 42.5 Å². The monoisotopic (exact) mass is 313 g/mol. The van der Waals surface area contributed by atoms with Gasteiger partial charge in [0.1, 0.15) is 16.0 Å². The first-order chi connectivity index (χ1) is 11.4. The summed E-state index contributed by atoms with van der Waals surface area (Å²) < 4.78 is 1.21. The van der Waals surface area contributed by atoms with Crippen molar-refractivity contribution in [3.63, 3.8) is 0 Å². The highest BCUT2D eigenvalue weighted by atomic mass is 32.1. The van der Waals surface area contributed by atoms with Crippen molar-refractivity contribution in [1.29, 1.82) is 0 Å². The third-order valence-corrected chi connectivity index (χ3v) is 5.06. The molecule has 108 valence electrons. The Balaban J connectivity index is 1.81. The summed E-state index contributed by atoms with van der Waals surface area (Å²) in [5.74, 6) is 0. The minimum absolute atomic E-state index is 0.820. The van der Waals surface area contributed by atoms with Crippen molar-refractivity contribution in [2.45, 2.75) is 0 Å². The Morgan fingerprint density at radius 1 is 0.783 bits per heavy atom. The van der Waals surface area contributed by atoms with Crippen LogP contribution in [0.1, 0.15) is 0 Å². The molecule has 4 heteroatoms. The van der Waals surface area contributed by atoms with E-state index < -0.39 is 0 Å². The van der Waals surface area contributed by atoms with Gasteiger partial charge in [0.25, 0.3) is 0 Å². The molecule has 0 bridgehead atoms. The summed E-state index contributed by atoms with van der Waals surface area (Å²) in [6.07, 6.45) is 3.66. The number of benzene rings is 2. The second-order valence-electron chi connectivity index (χ2n) is 5.39. The van der Waals surface area contributed by atoms with Crippen LogP contribution in [0.2, 0.25) is 0 Å². The van der Waals surface area contributed by atoms with Crippen LogP contribution in [0.3, 0.4) is 0 Å². The molecular formula is C19H11N3S. The molecule has 0 aliphatic carbocycles. The molecule has 0 atom stereocenters. The van der Waals surface area contributed by atoms with Gasteiger partial charge in [-0.05, 0) is 17.5 Å². The first kappa shape index (κ1) is 12.7. The highest BCUT2D eigenvalue weighted by Gasteiger charge is 2.11. The highest BCUT2D eigenvalue weighted by Crippen LogP contribution is 2.33. The van der Waals surface area contributed by atoms with Crippen molar-refractivity contribution in [2.75, 3.05) is 0 Å². The van der Waals surface area contributed by atoms with E-state index in [1.165, 1.54) is 4.70 Å². The van der Waals surface area contributed by atoms with Crippen LogP contribution in [0.15, 0.2) is 67.0 Å². The lowest BCUT2D eigenvalue weighted by Crippen LogP contribution is -1.90. The van der Waals surface area contributed by atoms with Gasteiger partial charge in [0.05, 0.1) is 11.9 Å². The second kappa shape index (κ2) is 4.83. The number of aromatic nitrogens is 3. The van der Waals surface area contributed by atoms with Crippen molar-refractivity contribution < 1.29 is 0 Å². The van der Waals surface area contributed by atoms with E-state index in [-0.39, 0.29) is 0 Å². The third kappa shape index (κ3) is 1.92. The molecule has 2 aromatic carbocycles. The van der Waals surface area contributed by atoms with Crippen molar-refractivity contribution in [3.8, 4) is 11.4 Å². The van der Waals surface area contributed by atoms with Crippen LogP contribution in [-0.4, -0.2) is 15.0 Å². The first-order valence-electron chi connectivity index (χ1n) is 7.38. The van der Waals surface area contributed by atoms with Gasteiger partial charge >= 0.3 is 0 Å². The molecule has 0 fully saturated rings. The van der Waals surface area contributed by atoms with E-state index in [9.17, 15) is 0 Å². The van der Waals surface area contributed by atoms with Gasteiger partial charge in [0, 0.05) is 21.7 Å². The van der Waals surface area contributed by atoms with Crippen molar-refractivity contribution in [3.05, 3.63) is 67.0 Å². The molecule has 5 rings (SSSR count). The topological polar surface area (TPSA) is 38.7 Å². The average Bonchev–Trinajstić information content (AvgIpc) is 2.99. The highest BCUT2D eigenvalue weighted by molar-refractivity contribution is 7.25. The van der Waals surface area contributed by atoms with Crippen LogP contribution in [0.25, 0.3) is 42.6 Å². The molecule has 5 aromatic rings. The summed E-state index contributed by atoms with van der Waals surface area (Å²) >= 11 is 1.67. The Hall–Kier alpha value is -2.85. The van der Waals surface area contributed by atoms with Gasteiger partial charge in [0.15, 0.2) is 0 Å². The lowest BCUT2D eigenvalue weighted by molar-refractivity contribution is 1.26. The van der Waals surface area contributed by atoms with Crippen molar-refractivity contribution in [1.82, 2.24) is 15.0 Å². The zero-order valence-electron chi connectivity index (χ0n) is 12.1. The molecule has 23 heavy (non-hydrogen) atoms. The lowest BCUT2D eigenvalue weighted by Gasteiger charge is -2.04. The molecule has 0 unspecified atom stereocenters. The molecular weight excluding hydrogens is 302 g/mol. The number of nitrogens with zero attached hydrogens (tertiary/aromatic N) is 3. The van der Waals surface area contributed by atoms with Gasteiger partial charge < -0.3 is 0 Å². The Labute approximate surface area is 136 Å². The third-order valence-electron chi connectivity index (χ3n) is 4.01. The Morgan fingerprint density at radius 3 is 2.57 bits per heavy atom. The van der Waals surface area contributed by atoms with E-state index in [0.29, 0.717) is 0 Å². The van der Waals surface area contributed by atoms with Gasteiger partial charge in [0.2, 0.25) is 0 Å². The summed E-state index contributed by atoms with van der Waals surface area (Å²) in [6, 6.07) is 18.5. The lowest BCUT2D eigenvalue weighted by atomic mass is 10.1. The van der Waals surface area contributed by atoms with E-state index in [1.807, 2.05) is 42.7 Å². The maximum atomic E-state index is 4.83. The predicted octanol–water partition coefficient (Wildman–Crippen LogP) is 5.06. The fourth-order valence-electron chi connectivity index (χ4n) is 2.92. The van der Waals surface area contributed by atoms with Crippen LogP contribution < -0.4 is 0 Å². The molecule has 0 aliphatic rings. The molecule has 3 nitrogen and oxygen atoms in total. The van der Waals surface area contributed by atoms with Crippen molar-refractivity contribution in [2.24, 2.45) is 0 Å². The number of rotatable bonds is 1. The van der Waals surface area contributed by atoms with Gasteiger partial charge in [-0.15, -0.1) is 11.3 Å². The molecule has 0 aliphatic heterocycles. The van der Waals surface area contributed by atoms with Crippen LogP contribution in [0.4, 0.5) is 0 Å². The SMILES string of the molecule is c1ccc2c(-c3cnc4c(n3)sc3ccccc34)nccc2c1. The standard InChI is InChI=1S/C19H11N3S/c1-2-6-13-12(5-1)9-10-20-17(13)15-11-21-18-14-7-3-4-8-16(14)23-19(18)22-15/h1-11H. The van der Waals surface area contributed by atoms with Gasteiger partial charge in [-0.25, -0.2) is 4.98 Å². The number of pyridine rings is 1. The van der Waals surface area contributed by atoms with Crippen LogP contribution in [0, 0.1) is 0 Å². The minimum Gasteiger partial charge on any atom is -0.254 e. The van der Waals surface area contributed by atoms with E-state index in [4.69, 9.17) is 4.98 Å². The van der Waals surface area contributed by atoms with E-state index >= 15 is 0 Å². The number of thiophene rings is 1. The minimum atomic E-state index is 0.820. The zero-order chi connectivity index (χ0) is 15.2. The van der Waals surface area contributed by atoms with Crippen molar-refractivity contribution >= 4 is 42.5 Å². The quantitative estimate of drug-likeness (QED) is 0.434. The molecule has 0 amide bonds. The summed E-state index contributed by atoms with van der Waals surface area (Å²) in [5, 5.41) is 3.43. The summed E-state index contributed by atoms with van der Waals surface area (Å²) in [7, 11) is 0. The average molecular weight is 313 g/mol. The Morgan fingerprint density at radius 2 is 1.61 bits per heavy atom. The number of fused-ring (bicyclic) bond motifs is 4. The van der Waals surface area contributed by atoms with Gasteiger partial charge in [-0.2, -0.15) is 0 Å². The summed E-state index contributed by atoms with van der Waals surface area (Å²) in [4.78, 5) is 15.0. The number of hydrogen-bond acceptors (Lipinski definition) is 4. The Bertz CT molecular complexity index is 1170. The smallest absolute Gasteiger partial charge is 0.143 e. The van der Waals surface area contributed by atoms with Crippen LogP contribution in [-0.2, 0) is 0 Å². The van der Waals surface area contributed by atoms with E-state index in [2.05, 4.69) is 34.2 Å². The fraction of sp³-hybridized carbons (Fsp3) is 0. The zero-order valence-corrected chi connectivity index (χ0v) is 12.9. The maximum Gasteiger partial charge on any atom is 0.143 e. The first-order valence-corrected chi connectivity index (χ1v) is 8.20. The molecule has 0 radical (unpaired) electrons. The summed E-state index contributed by atoms with van der Waals surface area (Å²) in [6.45, 7) is 0. The molecule has 0 N–H and O–H groups in total. The predicted molar refractivity (Wildman–Crippen MR) is 95.7 cm³/mol. The Kier molecular flexibility index (Phi) is 2.66. The molecule has 3 heterocycles. The van der Waals surface area contributed by atoms with Crippen LogP contribution in [0.5, 0.6) is 0 Å². The maximum absolute atomic E-state index is 4.83. The normalized spacial score (nSPS) is 11.5. The van der Waals surface area contributed by atoms with E-state index in [0.717, 1.165) is 37.9 Å². The van der Waals surface area contributed by atoms with E-state index in [1.54, 1.807) is 11.3 Å². The molecule has 0 spiro atoms. The molecule has 3 aromatic heterocycles.